The summed E-state index contributed by atoms with van der Waals surface area (Å²) in [6.45, 7) is 3.05. The number of ketones is 1. The number of carbonyl (C=O) groups excluding carboxylic acids is 3. The second-order valence-corrected chi connectivity index (χ2v) is 9.06. The summed E-state index contributed by atoms with van der Waals surface area (Å²) in [6, 6.07) is 9.42. The fourth-order valence-corrected chi connectivity index (χ4v) is 4.02. The molecule has 1 saturated heterocycles. The summed E-state index contributed by atoms with van der Waals surface area (Å²) in [6.07, 6.45) is -6.46. The second kappa shape index (κ2) is 10.3. The molecule has 1 atom stereocenters. The van der Waals surface area contributed by atoms with Crippen molar-refractivity contribution in [3.05, 3.63) is 59.2 Å². The highest BCUT2D eigenvalue weighted by Crippen LogP contribution is 2.38. The Morgan fingerprint density at radius 2 is 1.76 bits per heavy atom. The molecule has 2 aromatic carbocycles. The molecule has 0 spiro atoms. The fourth-order valence-electron chi connectivity index (χ4n) is 4.02. The Labute approximate surface area is 211 Å². The number of carbonyl (C=O) groups is 3. The lowest BCUT2D eigenvalue weighted by Crippen LogP contribution is -2.64. The third kappa shape index (κ3) is 5.96. The molecule has 0 radical (unpaired) electrons. The molecule has 37 heavy (non-hydrogen) atoms. The van der Waals surface area contributed by atoms with E-state index in [-0.39, 0.29) is 18.8 Å². The number of rotatable bonds is 8. The van der Waals surface area contributed by atoms with Crippen LogP contribution in [0.5, 0.6) is 11.5 Å². The zero-order chi connectivity index (χ0) is 27.6. The van der Waals surface area contributed by atoms with Gasteiger partial charge in [0.15, 0.2) is 5.78 Å². The molecule has 1 heterocycles. The van der Waals surface area contributed by atoms with Crippen LogP contribution >= 0.6 is 0 Å². The summed E-state index contributed by atoms with van der Waals surface area (Å²) >= 11 is 0. The largest absolute Gasteiger partial charge is 0.530 e. The molecule has 0 aliphatic carbocycles. The van der Waals surface area contributed by atoms with Gasteiger partial charge in [0, 0.05) is 5.56 Å². The van der Waals surface area contributed by atoms with Crippen LogP contribution in [0, 0.1) is 0 Å². The van der Waals surface area contributed by atoms with Crippen LogP contribution in [0.25, 0.3) is 0 Å². The van der Waals surface area contributed by atoms with Gasteiger partial charge in [-0.1, -0.05) is 12.1 Å². The van der Waals surface area contributed by atoms with E-state index < -0.39 is 53.1 Å². The Kier molecular flexibility index (Phi) is 7.72. The number of ether oxygens (including phenoxy) is 3. The minimum atomic E-state index is -4.82. The van der Waals surface area contributed by atoms with Gasteiger partial charge in [0.2, 0.25) is 5.91 Å². The van der Waals surface area contributed by atoms with E-state index in [1.807, 2.05) is 0 Å². The molecule has 1 N–H and O–H groups in total. The average Bonchev–Trinajstić information content (AvgIpc) is 3.10. The molecule has 1 fully saturated rings. The lowest BCUT2D eigenvalue weighted by molar-refractivity contribution is -0.278. The number of alkyl halides is 3. The molecule has 0 saturated carbocycles. The van der Waals surface area contributed by atoms with Crippen LogP contribution in [0.3, 0.4) is 0 Å². The molecule has 200 valence electrons. The molecule has 2 aromatic rings. The number of methoxy groups -OCH3 is 1. The van der Waals surface area contributed by atoms with Gasteiger partial charge in [0.05, 0.1) is 25.8 Å². The van der Waals surface area contributed by atoms with E-state index >= 15 is 0 Å². The molecule has 9 nitrogen and oxygen atoms in total. The number of hydrogen-bond donors (Lipinski definition) is 1. The summed E-state index contributed by atoms with van der Waals surface area (Å²) < 4.78 is 57.0. The van der Waals surface area contributed by atoms with Crippen LogP contribution in [0.1, 0.15) is 42.3 Å². The first-order valence-electron chi connectivity index (χ1n) is 11.1. The topological polar surface area (TPSA) is 117 Å². The van der Waals surface area contributed by atoms with Crippen molar-refractivity contribution in [2.24, 2.45) is 0 Å². The predicted molar refractivity (Wildman–Crippen MR) is 122 cm³/mol. The van der Waals surface area contributed by atoms with Crippen LogP contribution in [-0.4, -0.2) is 54.2 Å². The number of benzene rings is 2. The summed E-state index contributed by atoms with van der Waals surface area (Å²) in [5.41, 5.74) is -3.90. The molecule has 2 amide bonds. The van der Waals surface area contributed by atoms with Crippen LogP contribution in [0.2, 0.25) is 0 Å². The number of halogens is 3. The number of amides is 2. The molecule has 0 bridgehead atoms. The lowest BCUT2D eigenvalue weighted by Gasteiger charge is -2.40. The molecular formula is C25H26F3N2O7-. The highest BCUT2D eigenvalue weighted by atomic mass is 19.4. The maximum absolute atomic E-state index is 13.7. The van der Waals surface area contributed by atoms with Gasteiger partial charge in [-0.15, -0.1) is 0 Å². The van der Waals surface area contributed by atoms with Gasteiger partial charge in [-0.25, -0.2) is 0 Å². The van der Waals surface area contributed by atoms with Gasteiger partial charge in [-0.05, 0) is 56.7 Å². The standard InChI is InChI=1S/C25H27F3N2O7/c1-23(2)30(22(33)34)24(3,14-37-23)21(32)29-12-19(31)16-7-10-20(18(11-16)25(26,27)28)36-13-15-5-8-17(35-4)9-6-15/h5-11H,12-14H2,1-4H3,(H,29,32)(H,33,34)/p-1. The van der Waals surface area contributed by atoms with Gasteiger partial charge < -0.3 is 34.3 Å². The first kappa shape index (κ1) is 27.8. The third-order valence-electron chi connectivity index (χ3n) is 5.98. The normalized spacial score (nSPS) is 18.8. The van der Waals surface area contributed by atoms with Gasteiger partial charge in [0.1, 0.15) is 35.5 Å². The molecule has 1 aliphatic heterocycles. The molecule has 1 unspecified atom stereocenters. The number of nitrogens with one attached hydrogen (secondary N) is 1. The first-order chi connectivity index (χ1) is 17.2. The molecule has 0 aromatic heterocycles. The van der Waals surface area contributed by atoms with Gasteiger partial charge in [-0.3, -0.25) is 9.59 Å². The number of hydrogen-bond acceptors (Lipinski definition) is 7. The van der Waals surface area contributed by atoms with Crippen molar-refractivity contribution in [3.63, 3.8) is 0 Å². The maximum Gasteiger partial charge on any atom is 0.419 e. The highest BCUT2D eigenvalue weighted by Gasteiger charge is 2.53. The Morgan fingerprint density at radius 1 is 1.11 bits per heavy atom. The highest BCUT2D eigenvalue weighted by molar-refractivity contribution is 6.01. The Balaban J connectivity index is 1.72. The zero-order valence-corrected chi connectivity index (χ0v) is 20.6. The molecule has 1 aliphatic rings. The number of Topliss-reactive ketones (excluding diaryl/α,β-unsaturated/α-hetero) is 1. The van der Waals surface area contributed by atoms with Crippen molar-refractivity contribution < 1.29 is 46.9 Å². The minimum absolute atomic E-state index is 0.150. The lowest BCUT2D eigenvalue weighted by atomic mass is 9.99. The second-order valence-electron chi connectivity index (χ2n) is 9.06. The number of carboxylic acid groups (broad SMARTS) is 1. The maximum atomic E-state index is 13.7. The third-order valence-corrected chi connectivity index (χ3v) is 5.98. The Bertz CT molecular complexity index is 1180. The summed E-state index contributed by atoms with van der Waals surface area (Å²) in [5, 5.41) is 13.9. The molecular weight excluding hydrogens is 497 g/mol. The van der Waals surface area contributed by atoms with Crippen molar-refractivity contribution in [3.8, 4) is 11.5 Å². The van der Waals surface area contributed by atoms with E-state index in [0.717, 1.165) is 17.0 Å². The van der Waals surface area contributed by atoms with Crippen molar-refractivity contribution in [1.29, 1.82) is 0 Å². The van der Waals surface area contributed by atoms with E-state index in [9.17, 15) is 32.7 Å². The van der Waals surface area contributed by atoms with Crippen molar-refractivity contribution in [1.82, 2.24) is 10.2 Å². The van der Waals surface area contributed by atoms with Crippen molar-refractivity contribution in [2.45, 2.75) is 44.8 Å². The molecule has 12 heteroatoms. The Hall–Kier alpha value is -3.80. The van der Waals surface area contributed by atoms with E-state index in [0.29, 0.717) is 17.4 Å². The molecule has 3 rings (SSSR count). The van der Waals surface area contributed by atoms with Crippen LogP contribution in [0.15, 0.2) is 42.5 Å². The first-order valence-corrected chi connectivity index (χ1v) is 11.1. The number of nitrogens with zero attached hydrogens (tertiary/aromatic N) is 1. The van der Waals surface area contributed by atoms with E-state index in [4.69, 9.17) is 14.2 Å². The van der Waals surface area contributed by atoms with Gasteiger partial charge in [0.25, 0.3) is 0 Å². The zero-order valence-electron chi connectivity index (χ0n) is 20.6. The fraction of sp³-hybridized carbons (Fsp3) is 0.400. The van der Waals surface area contributed by atoms with E-state index in [1.165, 1.54) is 27.9 Å². The van der Waals surface area contributed by atoms with E-state index in [2.05, 4.69) is 5.32 Å². The Morgan fingerprint density at radius 3 is 2.32 bits per heavy atom. The van der Waals surface area contributed by atoms with Crippen molar-refractivity contribution in [2.75, 3.05) is 20.3 Å². The minimum Gasteiger partial charge on any atom is -0.530 e. The van der Waals surface area contributed by atoms with Crippen LogP contribution in [0.4, 0.5) is 18.0 Å². The predicted octanol–water partition coefficient (Wildman–Crippen LogP) is 2.76. The summed E-state index contributed by atoms with van der Waals surface area (Å²) in [7, 11) is 1.49. The summed E-state index contributed by atoms with van der Waals surface area (Å²) in [4.78, 5) is 37.7. The van der Waals surface area contributed by atoms with Gasteiger partial charge >= 0.3 is 6.18 Å². The summed E-state index contributed by atoms with van der Waals surface area (Å²) in [5.74, 6) is -1.56. The van der Waals surface area contributed by atoms with Gasteiger partial charge in [-0.2, -0.15) is 13.2 Å². The van der Waals surface area contributed by atoms with Crippen LogP contribution < -0.4 is 19.9 Å². The SMILES string of the molecule is COc1ccc(COc2ccc(C(=O)CNC(=O)C3(C)COC(C)(C)N3C(=O)[O-])cc2C(F)(F)F)cc1. The smallest absolute Gasteiger partial charge is 0.419 e. The van der Waals surface area contributed by atoms with Crippen molar-refractivity contribution >= 4 is 17.8 Å². The monoisotopic (exact) mass is 523 g/mol. The van der Waals surface area contributed by atoms with E-state index in [1.54, 1.807) is 24.3 Å². The van der Waals surface area contributed by atoms with Crippen LogP contribution in [-0.2, 0) is 22.3 Å². The average molecular weight is 523 g/mol. The quantitative estimate of drug-likeness (QED) is 0.529.